The van der Waals surface area contributed by atoms with E-state index < -0.39 is 0 Å². The minimum absolute atomic E-state index is 0.166. The molecule has 156 valence electrons. The van der Waals surface area contributed by atoms with Gasteiger partial charge in [-0.05, 0) is 47.9 Å². The zero-order chi connectivity index (χ0) is 21.2. The van der Waals surface area contributed by atoms with Gasteiger partial charge in [-0.1, -0.05) is 30.3 Å². The van der Waals surface area contributed by atoms with Crippen molar-refractivity contribution in [2.75, 3.05) is 13.6 Å². The smallest absolute Gasteiger partial charge is 0.251 e. The summed E-state index contributed by atoms with van der Waals surface area (Å²) in [6.45, 7) is 1.39. The lowest BCUT2D eigenvalue weighted by atomic mass is 10.1. The minimum atomic E-state index is -0.204. The number of hydrogen-bond acceptors (Lipinski definition) is 3. The van der Waals surface area contributed by atoms with Gasteiger partial charge < -0.3 is 20.4 Å². The summed E-state index contributed by atoms with van der Waals surface area (Å²) < 4.78 is 18.9. The second-order valence-corrected chi connectivity index (χ2v) is 6.66. The molecule has 0 bridgehead atoms. The van der Waals surface area contributed by atoms with E-state index in [1.54, 1.807) is 37.6 Å². The summed E-state index contributed by atoms with van der Waals surface area (Å²) >= 11 is 0. The molecule has 2 aromatic carbocycles. The standard InChI is InChI=1S/C23H25FN4O2/c1-25-23(26-12-11-18-7-2-3-10-21(18)24)28-15-17-6-4-8-19(14-17)22(29)27-16-20-9-5-13-30-20/h2-10,13-14H,11-12,15-16H2,1H3,(H,27,29)(H2,25,26,28). The van der Waals surface area contributed by atoms with Crippen molar-refractivity contribution >= 4 is 11.9 Å². The zero-order valence-corrected chi connectivity index (χ0v) is 16.8. The Morgan fingerprint density at radius 2 is 1.87 bits per heavy atom. The number of amides is 1. The van der Waals surface area contributed by atoms with Crippen LogP contribution in [0.25, 0.3) is 0 Å². The van der Waals surface area contributed by atoms with E-state index in [9.17, 15) is 9.18 Å². The first-order chi connectivity index (χ1) is 14.7. The van der Waals surface area contributed by atoms with Gasteiger partial charge in [-0.25, -0.2) is 4.39 Å². The number of guanidine groups is 1. The number of aliphatic imine (C=N–C) groups is 1. The second kappa shape index (κ2) is 10.8. The average molecular weight is 408 g/mol. The van der Waals surface area contributed by atoms with Crippen molar-refractivity contribution < 1.29 is 13.6 Å². The Hall–Kier alpha value is -3.61. The van der Waals surface area contributed by atoms with Gasteiger partial charge in [0.2, 0.25) is 0 Å². The molecule has 0 unspecified atom stereocenters. The summed E-state index contributed by atoms with van der Waals surface area (Å²) in [5.74, 6) is 0.940. The Morgan fingerprint density at radius 1 is 1.00 bits per heavy atom. The van der Waals surface area contributed by atoms with Crippen LogP contribution in [0.15, 0.2) is 76.3 Å². The lowest BCUT2D eigenvalue weighted by Gasteiger charge is -2.13. The molecule has 30 heavy (non-hydrogen) atoms. The first-order valence-electron chi connectivity index (χ1n) is 9.73. The predicted octanol–water partition coefficient (Wildman–Crippen LogP) is 3.26. The SMILES string of the molecule is CN=C(NCCc1ccccc1F)NCc1cccc(C(=O)NCc2ccco2)c1. The molecule has 7 heteroatoms. The highest BCUT2D eigenvalue weighted by Crippen LogP contribution is 2.07. The van der Waals surface area contributed by atoms with Gasteiger partial charge in [0.15, 0.2) is 5.96 Å². The molecule has 3 N–H and O–H groups in total. The van der Waals surface area contributed by atoms with Gasteiger partial charge in [-0.15, -0.1) is 0 Å². The summed E-state index contributed by atoms with van der Waals surface area (Å²) in [6, 6.07) is 17.7. The average Bonchev–Trinajstić information content (AvgIpc) is 3.29. The Kier molecular flexibility index (Phi) is 7.60. The van der Waals surface area contributed by atoms with Gasteiger partial charge in [0, 0.05) is 25.7 Å². The number of carbonyl (C=O) groups is 1. The first kappa shape index (κ1) is 21.1. The molecule has 0 aliphatic rings. The fraction of sp³-hybridized carbons (Fsp3) is 0.217. The molecule has 3 aromatic rings. The molecule has 0 aliphatic heterocycles. The van der Waals surface area contributed by atoms with Crippen molar-refractivity contribution in [3.8, 4) is 0 Å². The zero-order valence-electron chi connectivity index (χ0n) is 16.8. The number of carbonyl (C=O) groups excluding carboxylic acids is 1. The van der Waals surface area contributed by atoms with Gasteiger partial charge in [0.05, 0.1) is 12.8 Å². The maximum absolute atomic E-state index is 13.7. The van der Waals surface area contributed by atoms with E-state index >= 15 is 0 Å². The Bertz CT molecular complexity index is 986. The molecule has 1 amide bonds. The predicted molar refractivity (Wildman–Crippen MR) is 115 cm³/mol. The maximum atomic E-state index is 13.7. The van der Waals surface area contributed by atoms with Crippen LogP contribution in [0.2, 0.25) is 0 Å². The van der Waals surface area contributed by atoms with Crippen LogP contribution in [0.1, 0.15) is 27.2 Å². The summed E-state index contributed by atoms with van der Waals surface area (Å²) in [6.07, 6.45) is 2.13. The number of nitrogens with zero attached hydrogens (tertiary/aromatic N) is 1. The summed E-state index contributed by atoms with van der Waals surface area (Å²) in [4.78, 5) is 16.5. The number of hydrogen-bond donors (Lipinski definition) is 3. The molecule has 3 rings (SSSR count). The summed E-state index contributed by atoms with van der Waals surface area (Å²) in [5.41, 5.74) is 2.18. The lowest BCUT2D eigenvalue weighted by molar-refractivity contribution is 0.0948. The number of furan rings is 1. The van der Waals surface area contributed by atoms with E-state index in [-0.39, 0.29) is 11.7 Å². The Morgan fingerprint density at radius 3 is 2.63 bits per heavy atom. The van der Waals surface area contributed by atoms with Crippen molar-refractivity contribution in [2.24, 2.45) is 4.99 Å². The molecule has 0 atom stereocenters. The molecular formula is C23H25FN4O2. The van der Waals surface area contributed by atoms with Crippen LogP contribution in [0.3, 0.4) is 0 Å². The first-order valence-corrected chi connectivity index (χ1v) is 9.73. The molecule has 1 aromatic heterocycles. The normalized spacial score (nSPS) is 11.2. The highest BCUT2D eigenvalue weighted by Gasteiger charge is 2.08. The fourth-order valence-electron chi connectivity index (χ4n) is 2.93. The van der Waals surface area contributed by atoms with Crippen LogP contribution in [-0.4, -0.2) is 25.5 Å². The molecular weight excluding hydrogens is 383 g/mol. The third-order valence-corrected chi connectivity index (χ3v) is 4.52. The largest absolute Gasteiger partial charge is 0.467 e. The van der Waals surface area contributed by atoms with Crippen molar-refractivity contribution in [1.82, 2.24) is 16.0 Å². The van der Waals surface area contributed by atoms with Crippen LogP contribution < -0.4 is 16.0 Å². The fourth-order valence-corrected chi connectivity index (χ4v) is 2.93. The van der Waals surface area contributed by atoms with Crippen LogP contribution in [0.4, 0.5) is 4.39 Å². The summed E-state index contributed by atoms with van der Waals surface area (Å²) in [5, 5.41) is 9.21. The Labute approximate surface area is 175 Å². The number of rotatable bonds is 8. The monoisotopic (exact) mass is 408 g/mol. The van der Waals surface area contributed by atoms with Gasteiger partial charge in [-0.3, -0.25) is 9.79 Å². The van der Waals surface area contributed by atoms with Gasteiger partial charge in [-0.2, -0.15) is 0 Å². The second-order valence-electron chi connectivity index (χ2n) is 6.66. The van der Waals surface area contributed by atoms with Crippen LogP contribution in [0.5, 0.6) is 0 Å². The molecule has 0 aliphatic carbocycles. The van der Waals surface area contributed by atoms with Crippen molar-refractivity contribution in [1.29, 1.82) is 0 Å². The molecule has 1 heterocycles. The quantitative estimate of drug-likeness (QED) is 0.395. The minimum Gasteiger partial charge on any atom is -0.467 e. The third-order valence-electron chi connectivity index (χ3n) is 4.52. The van der Waals surface area contributed by atoms with Crippen LogP contribution in [0, 0.1) is 5.82 Å². The maximum Gasteiger partial charge on any atom is 0.251 e. The number of benzene rings is 2. The van der Waals surface area contributed by atoms with Crippen LogP contribution >= 0.6 is 0 Å². The van der Waals surface area contributed by atoms with E-state index in [4.69, 9.17) is 4.42 Å². The summed E-state index contributed by atoms with van der Waals surface area (Å²) in [7, 11) is 1.68. The number of halogens is 1. The molecule has 0 fully saturated rings. The van der Waals surface area contributed by atoms with Crippen molar-refractivity contribution in [3.63, 3.8) is 0 Å². The van der Waals surface area contributed by atoms with Gasteiger partial charge in [0.25, 0.3) is 5.91 Å². The van der Waals surface area contributed by atoms with Gasteiger partial charge in [0.1, 0.15) is 11.6 Å². The molecule has 0 spiro atoms. The van der Waals surface area contributed by atoms with E-state index in [0.29, 0.717) is 48.9 Å². The van der Waals surface area contributed by atoms with E-state index in [2.05, 4.69) is 20.9 Å². The van der Waals surface area contributed by atoms with Crippen molar-refractivity contribution in [3.05, 3.63) is 95.2 Å². The van der Waals surface area contributed by atoms with Crippen LogP contribution in [-0.2, 0) is 19.5 Å². The number of nitrogens with one attached hydrogen (secondary N) is 3. The van der Waals surface area contributed by atoms with E-state index in [0.717, 1.165) is 5.56 Å². The Balaban J connectivity index is 1.47. The van der Waals surface area contributed by atoms with Crippen molar-refractivity contribution in [2.45, 2.75) is 19.5 Å². The molecule has 0 saturated heterocycles. The van der Waals surface area contributed by atoms with E-state index in [1.165, 1.54) is 6.07 Å². The highest BCUT2D eigenvalue weighted by atomic mass is 19.1. The lowest BCUT2D eigenvalue weighted by Crippen LogP contribution is -2.38. The highest BCUT2D eigenvalue weighted by molar-refractivity contribution is 5.94. The molecule has 0 saturated carbocycles. The molecule has 0 radical (unpaired) electrons. The third kappa shape index (κ3) is 6.20. The van der Waals surface area contributed by atoms with Gasteiger partial charge >= 0.3 is 0 Å². The topological polar surface area (TPSA) is 78.7 Å². The van der Waals surface area contributed by atoms with E-state index in [1.807, 2.05) is 30.3 Å². The molecule has 6 nitrogen and oxygen atoms in total.